The van der Waals surface area contributed by atoms with Gasteiger partial charge >= 0.3 is 39.5 Å². The van der Waals surface area contributed by atoms with Crippen LogP contribution in [0.4, 0.5) is 0 Å². The van der Waals surface area contributed by atoms with Crippen LogP contribution in [0.3, 0.4) is 0 Å². The highest BCUT2D eigenvalue weighted by Gasteiger charge is 2.30. The minimum atomic E-state index is -4.96. The van der Waals surface area contributed by atoms with Gasteiger partial charge in [0.1, 0.15) is 19.3 Å². The zero-order valence-electron chi connectivity index (χ0n) is 58.8. The Balaban J connectivity index is 5.30. The molecule has 0 saturated carbocycles. The number of phosphoric acid groups is 2. The molecule has 0 rings (SSSR count). The molecule has 0 amide bonds. The van der Waals surface area contributed by atoms with Crippen molar-refractivity contribution in [1.82, 2.24) is 0 Å². The molecule has 0 spiro atoms. The van der Waals surface area contributed by atoms with Crippen LogP contribution in [0.15, 0.2) is 24.3 Å². The first-order valence-corrected chi connectivity index (χ1v) is 39.7. The van der Waals surface area contributed by atoms with Gasteiger partial charge in [-0.2, -0.15) is 0 Å². The summed E-state index contributed by atoms with van der Waals surface area (Å²) in [6.07, 6.45) is 49.4. The molecule has 0 saturated heterocycles. The second-order valence-corrected chi connectivity index (χ2v) is 29.4. The minimum absolute atomic E-state index is 0.0841. The molecule has 0 aromatic rings. The van der Waals surface area contributed by atoms with Crippen molar-refractivity contribution in [3.63, 3.8) is 0 Å². The number of hydrogen-bond acceptors (Lipinski definition) is 15. The fourth-order valence-electron chi connectivity index (χ4n) is 10.3. The largest absolute Gasteiger partial charge is 0.472 e. The average molecular weight is 1340 g/mol. The second kappa shape index (κ2) is 62.4. The number of phosphoric ester groups is 2. The number of rotatable bonds is 68. The van der Waals surface area contributed by atoms with Crippen LogP contribution in [0.5, 0.6) is 0 Å². The van der Waals surface area contributed by atoms with E-state index in [9.17, 15) is 43.2 Å². The van der Waals surface area contributed by atoms with Crippen LogP contribution in [0.2, 0.25) is 0 Å². The Bertz CT molecular complexity index is 1880. The number of allylic oxidation sites excluding steroid dienone is 4. The maximum atomic E-state index is 13.0. The molecule has 0 aliphatic heterocycles. The molecule has 0 bridgehead atoms. The Hall–Kier alpha value is -2.46. The van der Waals surface area contributed by atoms with E-state index in [1.165, 1.54) is 128 Å². The van der Waals surface area contributed by atoms with E-state index < -0.39 is 97.5 Å². The molecule has 91 heavy (non-hydrogen) atoms. The smallest absolute Gasteiger partial charge is 0.462 e. The van der Waals surface area contributed by atoms with Gasteiger partial charge in [0.15, 0.2) is 12.2 Å². The quantitative estimate of drug-likeness (QED) is 0.0169. The number of unbranched alkanes of at least 4 members (excludes halogenated alkanes) is 32. The summed E-state index contributed by atoms with van der Waals surface area (Å²) in [6, 6.07) is 0. The lowest BCUT2D eigenvalue weighted by atomic mass is 10.00. The molecule has 0 aliphatic rings. The second-order valence-electron chi connectivity index (χ2n) is 26.5. The standard InChI is InChI=1S/C72H136O17P2/c1-8-10-11-12-13-14-15-16-17-18-21-26-32-41-48-55-71(76)88-67(59-82-69(74)53-46-39-31-28-23-25-30-37-44-51-64(5)6)61-86-90(78,79)84-57-66(73)58-85-91(80,81)87-62-68(60-83-70(75)54-47-40-35-34-38-45-52-65(7)9-2)89-72(77)56-49-42-33-27-22-19-20-24-29-36-43-50-63(3)4/h14-17,63-68,73H,8-13,18-62H2,1-7H3,(H,78,79)(H,80,81)/b15-14-,17-16-/t65?,66-,67-,68-/m1/s1. The fraction of sp³-hybridized carbons (Fsp3) is 0.889. The van der Waals surface area contributed by atoms with E-state index in [1.54, 1.807) is 0 Å². The molecule has 536 valence electrons. The molecule has 3 unspecified atom stereocenters. The monoisotopic (exact) mass is 1330 g/mol. The Morgan fingerprint density at radius 3 is 0.978 bits per heavy atom. The molecular weight excluding hydrogens is 1200 g/mol. The van der Waals surface area contributed by atoms with Crippen LogP contribution in [0.25, 0.3) is 0 Å². The summed E-state index contributed by atoms with van der Waals surface area (Å²) in [6.45, 7) is 11.7. The number of ether oxygens (including phenoxy) is 4. The zero-order valence-corrected chi connectivity index (χ0v) is 60.6. The van der Waals surface area contributed by atoms with Crippen LogP contribution < -0.4 is 0 Å². The van der Waals surface area contributed by atoms with E-state index in [0.29, 0.717) is 25.7 Å². The topological polar surface area (TPSA) is 237 Å². The average Bonchev–Trinajstić information content (AvgIpc) is 3.61. The molecule has 0 aromatic heterocycles. The van der Waals surface area contributed by atoms with E-state index in [0.717, 1.165) is 127 Å². The van der Waals surface area contributed by atoms with Crippen molar-refractivity contribution in [2.24, 2.45) is 17.8 Å². The van der Waals surface area contributed by atoms with Gasteiger partial charge in [-0.3, -0.25) is 37.3 Å². The normalized spacial score (nSPS) is 14.6. The van der Waals surface area contributed by atoms with Gasteiger partial charge in [0.05, 0.1) is 26.4 Å². The summed E-state index contributed by atoms with van der Waals surface area (Å²) < 4.78 is 68.3. The third-order valence-corrected chi connectivity index (χ3v) is 18.3. The number of aliphatic hydroxyl groups excluding tert-OH is 1. The van der Waals surface area contributed by atoms with Gasteiger partial charge in [-0.15, -0.1) is 0 Å². The lowest BCUT2D eigenvalue weighted by Crippen LogP contribution is -2.30. The van der Waals surface area contributed by atoms with Crippen LogP contribution in [0.1, 0.15) is 337 Å². The highest BCUT2D eigenvalue weighted by molar-refractivity contribution is 7.47. The van der Waals surface area contributed by atoms with Gasteiger partial charge in [0.25, 0.3) is 0 Å². The summed E-state index contributed by atoms with van der Waals surface area (Å²) in [5, 5.41) is 10.6. The van der Waals surface area contributed by atoms with Crippen molar-refractivity contribution in [2.45, 2.75) is 356 Å². The van der Waals surface area contributed by atoms with Crippen LogP contribution >= 0.6 is 15.6 Å². The number of hydrogen-bond donors (Lipinski definition) is 3. The van der Waals surface area contributed by atoms with Crippen LogP contribution in [0, 0.1) is 17.8 Å². The molecule has 0 aromatic carbocycles. The Labute approximate surface area is 554 Å². The molecule has 0 aliphatic carbocycles. The SMILES string of the molecule is CCCCCC/C=C\C=C/CCCCCCCC(=O)O[C@H](COC(=O)CCCCCCCCCCCC(C)C)COP(=O)(O)OC[C@@H](O)COP(=O)(O)OC[C@@H](COC(=O)CCCCCCCCC(C)CC)OC(=O)CCCCCCCCCCCCCC(C)C. The zero-order chi connectivity index (χ0) is 67.3. The highest BCUT2D eigenvalue weighted by Crippen LogP contribution is 2.45. The molecule has 19 heteroatoms. The van der Waals surface area contributed by atoms with E-state index in [4.69, 9.17) is 37.0 Å². The van der Waals surface area contributed by atoms with Gasteiger partial charge in [0, 0.05) is 25.7 Å². The predicted molar refractivity (Wildman–Crippen MR) is 367 cm³/mol. The molecule has 0 radical (unpaired) electrons. The fourth-order valence-corrected chi connectivity index (χ4v) is 11.9. The van der Waals surface area contributed by atoms with Crippen molar-refractivity contribution < 1.29 is 80.2 Å². The van der Waals surface area contributed by atoms with Crippen molar-refractivity contribution in [1.29, 1.82) is 0 Å². The Morgan fingerprint density at radius 1 is 0.363 bits per heavy atom. The van der Waals surface area contributed by atoms with Gasteiger partial charge in [-0.25, -0.2) is 9.13 Å². The Morgan fingerprint density at radius 2 is 0.648 bits per heavy atom. The predicted octanol–water partition coefficient (Wildman–Crippen LogP) is 20.2. The van der Waals surface area contributed by atoms with E-state index in [2.05, 4.69) is 72.8 Å². The van der Waals surface area contributed by atoms with Crippen molar-refractivity contribution in [3.8, 4) is 0 Å². The van der Waals surface area contributed by atoms with E-state index in [-0.39, 0.29) is 25.7 Å². The number of carbonyl (C=O) groups excluding carboxylic acids is 4. The molecule has 0 heterocycles. The summed E-state index contributed by atoms with van der Waals surface area (Å²) in [7, 11) is -9.92. The van der Waals surface area contributed by atoms with Crippen LogP contribution in [-0.2, 0) is 65.4 Å². The van der Waals surface area contributed by atoms with Gasteiger partial charge in [-0.1, -0.05) is 285 Å². The number of esters is 4. The summed E-state index contributed by atoms with van der Waals surface area (Å²) in [5.74, 6) is 0.0783. The Kier molecular flexibility index (Phi) is 60.7. The maximum Gasteiger partial charge on any atom is 0.472 e. The number of carbonyl (C=O) groups is 4. The summed E-state index contributed by atoms with van der Waals surface area (Å²) in [4.78, 5) is 72.6. The summed E-state index contributed by atoms with van der Waals surface area (Å²) in [5.41, 5.74) is 0. The third-order valence-electron chi connectivity index (χ3n) is 16.4. The van der Waals surface area contributed by atoms with Gasteiger partial charge in [-0.05, 0) is 69.1 Å². The first-order valence-electron chi connectivity index (χ1n) is 36.7. The molecule has 0 fully saturated rings. The number of aliphatic hydroxyl groups is 1. The van der Waals surface area contributed by atoms with E-state index in [1.807, 2.05) is 0 Å². The molecule has 17 nitrogen and oxygen atoms in total. The summed E-state index contributed by atoms with van der Waals surface area (Å²) >= 11 is 0. The minimum Gasteiger partial charge on any atom is -0.462 e. The van der Waals surface area contributed by atoms with Crippen molar-refractivity contribution in [2.75, 3.05) is 39.6 Å². The van der Waals surface area contributed by atoms with Gasteiger partial charge in [0.2, 0.25) is 0 Å². The lowest BCUT2D eigenvalue weighted by Gasteiger charge is -2.21. The third kappa shape index (κ3) is 64.6. The molecule has 3 N–H and O–H groups in total. The van der Waals surface area contributed by atoms with Gasteiger partial charge < -0.3 is 33.8 Å². The van der Waals surface area contributed by atoms with E-state index >= 15 is 0 Å². The first-order chi connectivity index (χ1) is 43.8. The molecule has 6 atom stereocenters. The van der Waals surface area contributed by atoms with Crippen molar-refractivity contribution >= 4 is 39.5 Å². The maximum absolute atomic E-state index is 13.0. The lowest BCUT2D eigenvalue weighted by molar-refractivity contribution is -0.161. The first kappa shape index (κ1) is 88.5. The van der Waals surface area contributed by atoms with Crippen LogP contribution in [-0.4, -0.2) is 96.7 Å². The van der Waals surface area contributed by atoms with Crippen molar-refractivity contribution in [3.05, 3.63) is 24.3 Å². The molecular formula is C72H136O17P2. The highest BCUT2D eigenvalue weighted by atomic mass is 31.2.